The Bertz CT molecular complexity index is 328. The summed E-state index contributed by atoms with van der Waals surface area (Å²) >= 11 is 0. The highest BCUT2D eigenvalue weighted by Gasteiger charge is 2.23. The molecule has 1 aliphatic heterocycles. The number of nitrogens with one attached hydrogen (secondary N) is 1. The first-order valence-electron chi connectivity index (χ1n) is 5.92. The third kappa shape index (κ3) is 2.23. The number of fused-ring (bicyclic) bond motifs is 1. The average molecular weight is 207 g/mol. The molecule has 0 spiro atoms. The molecule has 0 aromatic carbocycles. The van der Waals surface area contributed by atoms with Crippen LogP contribution in [0.3, 0.4) is 0 Å². The number of nitrogens with zero attached hydrogens (tertiary/aromatic N) is 2. The molecule has 0 bridgehead atoms. The summed E-state index contributed by atoms with van der Waals surface area (Å²) in [5.41, 5.74) is 2.70. The van der Waals surface area contributed by atoms with Gasteiger partial charge in [0.2, 0.25) is 0 Å². The molecule has 1 atom stereocenters. The van der Waals surface area contributed by atoms with Crippen LogP contribution in [-0.2, 0) is 13.5 Å². The van der Waals surface area contributed by atoms with Gasteiger partial charge in [-0.1, -0.05) is 13.8 Å². The lowest BCUT2D eigenvalue weighted by Crippen LogP contribution is -2.30. The molecule has 3 heteroatoms. The van der Waals surface area contributed by atoms with Gasteiger partial charge in [0.25, 0.3) is 0 Å². The Morgan fingerprint density at radius 1 is 1.60 bits per heavy atom. The minimum atomic E-state index is 0.484. The van der Waals surface area contributed by atoms with Crippen LogP contribution in [0.15, 0.2) is 6.33 Å². The van der Waals surface area contributed by atoms with Crippen molar-refractivity contribution in [2.45, 2.75) is 39.2 Å². The highest BCUT2D eigenvalue weighted by molar-refractivity contribution is 5.20. The fourth-order valence-corrected chi connectivity index (χ4v) is 2.27. The fraction of sp³-hybridized carbons (Fsp3) is 0.750. The standard InChI is InChI=1S/C12H21N3/c1-9(2)4-5-10-12-11(6-7-13-10)15(3)8-14-12/h8-10,13H,4-7H2,1-3H3. The fourth-order valence-electron chi connectivity index (χ4n) is 2.27. The van der Waals surface area contributed by atoms with Gasteiger partial charge >= 0.3 is 0 Å². The highest BCUT2D eigenvalue weighted by Crippen LogP contribution is 2.25. The van der Waals surface area contributed by atoms with Crippen molar-refractivity contribution >= 4 is 0 Å². The Morgan fingerprint density at radius 2 is 2.40 bits per heavy atom. The quantitative estimate of drug-likeness (QED) is 0.822. The lowest BCUT2D eigenvalue weighted by atomic mass is 9.97. The van der Waals surface area contributed by atoms with Gasteiger partial charge in [0, 0.05) is 25.7 Å². The van der Waals surface area contributed by atoms with Crippen molar-refractivity contribution in [1.82, 2.24) is 14.9 Å². The molecule has 2 rings (SSSR count). The lowest BCUT2D eigenvalue weighted by Gasteiger charge is -2.24. The third-order valence-electron chi connectivity index (χ3n) is 3.21. The van der Waals surface area contributed by atoms with Crippen LogP contribution in [0.1, 0.15) is 44.1 Å². The van der Waals surface area contributed by atoms with E-state index in [2.05, 4.69) is 35.8 Å². The largest absolute Gasteiger partial charge is 0.337 e. The van der Waals surface area contributed by atoms with Crippen LogP contribution in [0.25, 0.3) is 0 Å². The molecule has 0 saturated carbocycles. The van der Waals surface area contributed by atoms with E-state index in [0.717, 1.165) is 18.9 Å². The van der Waals surface area contributed by atoms with Crippen LogP contribution in [0.4, 0.5) is 0 Å². The van der Waals surface area contributed by atoms with E-state index in [4.69, 9.17) is 0 Å². The summed E-state index contributed by atoms with van der Waals surface area (Å²) in [5, 5.41) is 3.57. The van der Waals surface area contributed by atoms with Crippen LogP contribution in [-0.4, -0.2) is 16.1 Å². The van der Waals surface area contributed by atoms with E-state index in [1.165, 1.54) is 24.2 Å². The first kappa shape index (κ1) is 10.7. The van der Waals surface area contributed by atoms with E-state index in [1.54, 1.807) is 0 Å². The summed E-state index contributed by atoms with van der Waals surface area (Å²) in [6.45, 7) is 5.65. The zero-order chi connectivity index (χ0) is 10.8. The molecule has 1 unspecified atom stereocenters. The van der Waals surface area contributed by atoms with Crippen molar-refractivity contribution in [2.24, 2.45) is 13.0 Å². The minimum Gasteiger partial charge on any atom is -0.337 e. The van der Waals surface area contributed by atoms with E-state index >= 15 is 0 Å². The zero-order valence-corrected chi connectivity index (χ0v) is 9.95. The molecule has 15 heavy (non-hydrogen) atoms. The summed E-state index contributed by atoms with van der Waals surface area (Å²) in [4.78, 5) is 4.52. The Hall–Kier alpha value is -0.830. The molecular formula is C12H21N3. The number of imidazole rings is 1. The summed E-state index contributed by atoms with van der Waals surface area (Å²) in [5.74, 6) is 0.779. The van der Waals surface area contributed by atoms with Gasteiger partial charge in [-0.15, -0.1) is 0 Å². The molecule has 2 heterocycles. The van der Waals surface area contributed by atoms with E-state index < -0.39 is 0 Å². The summed E-state index contributed by atoms with van der Waals surface area (Å²) in [7, 11) is 2.09. The Kier molecular flexibility index (Phi) is 3.10. The summed E-state index contributed by atoms with van der Waals surface area (Å²) in [6, 6.07) is 0.484. The predicted molar refractivity (Wildman–Crippen MR) is 61.7 cm³/mol. The molecule has 1 aromatic rings. The van der Waals surface area contributed by atoms with Crippen LogP contribution >= 0.6 is 0 Å². The van der Waals surface area contributed by atoms with Gasteiger partial charge in [0.15, 0.2) is 0 Å². The molecular weight excluding hydrogens is 186 g/mol. The van der Waals surface area contributed by atoms with Gasteiger partial charge in [-0.25, -0.2) is 4.98 Å². The van der Waals surface area contributed by atoms with E-state index in [0.29, 0.717) is 6.04 Å². The molecule has 0 radical (unpaired) electrons. The number of aryl methyl sites for hydroxylation is 1. The SMILES string of the molecule is CC(C)CCC1NCCc2c1ncn2C. The van der Waals surface area contributed by atoms with E-state index in [9.17, 15) is 0 Å². The lowest BCUT2D eigenvalue weighted by molar-refractivity contribution is 0.416. The van der Waals surface area contributed by atoms with E-state index in [1.807, 2.05) is 6.33 Å². The molecule has 1 aliphatic rings. The third-order valence-corrected chi connectivity index (χ3v) is 3.21. The molecule has 1 aromatic heterocycles. The molecule has 0 aliphatic carbocycles. The van der Waals surface area contributed by atoms with Crippen LogP contribution < -0.4 is 5.32 Å². The zero-order valence-electron chi connectivity index (χ0n) is 9.95. The number of aromatic nitrogens is 2. The maximum atomic E-state index is 4.52. The van der Waals surface area contributed by atoms with Crippen molar-refractivity contribution in [2.75, 3.05) is 6.54 Å². The van der Waals surface area contributed by atoms with Crippen molar-refractivity contribution in [3.63, 3.8) is 0 Å². The Morgan fingerprint density at radius 3 is 3.13 bits per heavy atom. The second-order valence-corrected chi connectivity index (χ2v) is 4.92. The van der Waals surface area contributed by atoms with Gasteiger partial charge in [-0.05, 0) is 18.8 Å². The first-order valence-corrected chi connectivity index (χ1v) is 5.92. The topological polar surface area (TPSA) is 29.9 Å². The van der Waals surface area contributed by atoms with E-state index in [-0.39, 0.29) is 0 Å². The monoisotopic (exact) mass is 207 g/mol. The van der Waals surface area contributed by atoms with Crippen LogP contribution in [0, 0.1) is 5.92 Å². The van der Waals surface area contributed by atoms with Crippen LogP contribution in [0.5, 0.6) is 0 Å². The van der Waals surface area contributed by atoms with Crippen LogP contribution in [0.2, 0.25) is 0 Å². The molecule has 0 saturated heterocycles. The number of hydrogen-bond acceptors (Lipinski definition) is 2. The Balaban J connectivity index is 2.09. The summed E-state index contributed by atoms with van der Waals surface area (Å²) < 4.78 is 2.17. The second kappa shape index (κ2) is 4.35. The van der Waals surface area contributed by atoms with Crippen molar-refractivity contribution in [1.29, 1.82) is 0 Å². The van der Waals surface area contributed by atoms with Gasteiger partial charge in [-0.2, -0.15) is 0 Å². The first-order chi connectivity index (χ1) is 7.18. The van der Waals surface area contributed by atoms with Crippen molar-refractivity contribution in [3.8, 4) is 0 Å². The van der Waals surface area contributed by atoms with Crippen molar-refractivity contribution in [3.05, 3.63) is 17.7 Å². The van der Waals surface area contributed by atoms with Gasteiger partial charge in [0.05, 0.1) is 18.1 Å². The number of rotatable bonds is 3. The molecule has 0 amide bonds. The molecule has 84 valence electrons. The van der Waals surface area contributed by atoms with Gasteiger partial charge in [-0.3, -0.25) is 0 Å². The second-order valence-electron chi connectivity index (χ2n) is 4.92. The average Bonchev–Trinajstić information content (AvgIpc) is 2.58. The van der Waals surface area contributed by atoms with Crippen molar-refractivity contribution < 1.29 is 0 Å². The maximum absolute atomic E-state index is 4.52. The van der Waals surface area contributed by atoms with Gasteiger partial charge in [0.1, 0.15) is 0 Å². The highest BCUT2D eigenvalue weighted by atomic mass is 15.1. The molecule has 1 N–H and O–H groups in total. The maximum Gasteiger partial charge on any atom is 0.0949 e. The smallest absolute Gasteiger partial charge is 0.0949 e. The Labute approximate surface area is 91.9 Å². The number of hydrogen-bond donors (Lipinski definition) is 1. The molecule has 0 fully saturated rings. The minimum absolute atomic E-state index is 0.484. The molecule has 3 nitrogen and oxygen atoms in total. The summed E-state index contributed by atoms with van der Waals surface area (Å²) in [6.07, 6.45) is 5.54. The van der Waals surface area contributed by atoms with Gasteiger partial charge < -0.3 is 9.88 Å². The normalized spacial score (nSPS) is 20.7. The predicted octanol–water partition coefficient (Wildman–Crippen LogP) is 2.04.